The van der Waals surface area contributed by atoms with E-state index in [-0.39, 0.29) is 5.82 Å². The summed E-state index contributed by atoms with van der Waals surface area (Å²) >= 11 is 0. The van der Waals surface area contributed by atoms with Crippen molar-refractivity contribution in [1.82, 2.24) is 9.97 Å². The minimum atomic E-state index is -0.186. The molecule has 0 unspecified atom stereocenters. The average molecular weight is 334 g/mol. The van der Waals surface area contributed by atoms with Gasteiger partial charge in [0.1, 0.15) is 5.82 Å². The van der Waals surface area contributed by atoms with Crippen molar-refractivity contribution < 1.29 is 4.39 Å². The standard InChI is InChI=1S/C20H19FN4/c1-14-9-15(6-7-18(14)21)16-10-19-20(23-11-16)24(2)13-25(19)12-17-5-3-4-8-22-17/h3-11H,12-13H2,1-2H3. The number of nitrogens with zero attached hydrogens (tertiary/aromatic N) is 4. The number of aromatic nitrogens is 2. The molecule has 1 aliphatic rings. The molecule has 3 aromatic rings. The van der Waals surface area contributed by atoms with Crippen LogP contribution >= 0.6 is 0 Å². The fourth-order valence-corrected chi connectivity index (χ4v) is 3.18. The van der Waals surface area contributed by atoms with Gasteiger partial charge in [0, 0.05) is 25.0 Å². The van der Waals surface area contributed by atoms with Gasteiger partial charge in [-0.05, 0) is 48.4 Å². The van der Waals surface area contributed by atoms with Crippen molar-refractivity contribution in [2.24, 2.45) is 0 Å². The molecule has 5 heteroatoms. The molecule has 0 aliphatic carbocycles. The lowest BCUT2D eigenvalue weighted by molar-refractivity contribution is 0.619. The van der Waals surface area contributed by atoms with Crippen molar-refractivity contribution in [1.29, 1.82) is 0 Å². The third-order valence-corrected chi connectivity index (χ3v) is 4.50. The Kier molecular flexibility index (Phi) is 3.84. The molecule has 1 aromatic carbocycles. The Morgan fingerprint density at radius 1 is 1.08 bits per heavy atom. The molecule has 25 heavy (non-hydrogen) atoms. The lowest BCUT2D eigenvalue weighted by Crippen LogP contribution is -2.27. The van der Waals surface area contributed by atoms with Crippen LogP contribution in [0.4, 0.5) is 15.9 Å². The second kappa shape index (κ2) is 6.16. The Morgan fingerprint density at radius 3 is 2.72 bits per heavy atom. The van der Waals surface area contributed by atoms with E-state index in [4.69, 9.17) is 0 Å². The summed E-state index contributed by atoms with van der Waals surface area (Å²) in [5.41, 5.74) is 4.70. The SMILES string of the molecule is Cc1cc(-c2cnc3c(c2)N(Cc2ccccn2)CN3C)ccc1F. The van der Waals surface area contributed by atoms with Crippen LogP contribution in [0.3, 0.4) is 0 Å². The Balaban J connectivity index is 1.70. The number of benzene rings is 1. The molecule has 0 atom stereocenters. The van der Waals surface area contributed by atoms with Crippen LogP contribution in [-0.2, 0) is 6.54 Å². The minimum absolute atomic E-state index is 0.186. The van der Waals surface area contributed by atoms with Crippen LogP contribution in [0.15, 0.2) is 54.9 Å². The van der Waals surface area contributed by atoms with Gasteiger partial charge in [0.15, 0.2) is 5.82 Å². The first kappa shape index (κ1) is 15.6. The molecule has 3 heterocycles. The van der Waals surface area contributed by atoms with Crippen LogP contribution in [0, 0.1) is 12.7 Å². The molecule has 4 rings (SSSR count). The summed E-state index contributed by atoms with van der Waals surface area (Å²) in [6.07, 6.45) is 3.66. The van der Waals surface area contributed by atoms with Crippen LogP contribution in [-0.4, -0.2) is 23.7 Å². The summed E-state index contributed by atoms with van der Waals surface area (Å²) < 4.78 is 13.6. The van der Waals surface area contributed by atoms with Gasteiger partial charge in [-0.15, -0.1) is 0 Å². The maximum Gasteiger partial charge on any atom is 0.153 e. The fourth-order valence-electron chi connectivity index (χ4n) is 3.18. The Hall–Kier alpha value is -2.95. The van der Waals surface area contributed by atoms with E-state index in [1.165, 1.54) is 6.07 Å². The van der Waals surface area contributed by atoms with Crippen molar-refractivity contribution in [3.63, 3.8) is 0 Å². The zero-order valence-electron chi connectivity index (χ0n) is 14.3. The lowest BCUT2D eigenvalue weighted by Gasteiger charge is -2.18. The summed E-state index contributed by atoms with van der Waals surface area (Å²) in [4.78, 5) is 13.4. The Labute approximate surface area is 146 Å². The topological polar surface area (TPSA) is 32.3 Å². The number of hydrogen-bond acceptors (Lipinski definition) is 4. The quantitative estimate of drug-likeness (QED) is 0.724. The summed E-state index contributed by atoms with van der Waals surface area (Å²) in [6.45, 7) is 3.28. The van der Waals surface area contributed by atoms with Gasteiger partial charge < -0.3 is 9.80 Å². The van der Waals surface area contributed by atoms with Gasteiger partial charge in [-0.2, -0.15) is 0 Å². The van der Waals surface area contributed by atoms with Crippen molar-refractivity contribution in [3.05, 3.63) is 71.9 Å². The predicted octanol–water partition coefficient (Wildman–Crippen LogP) is 4.01. The number of anilines is 2. The van der Waals surface area contributed by atoms with E-state index in [1.807, 2.05) is 43.7 Å². The third kappa shape index (κ3) is 2.93. The van der Waals surface area contributed by atoms with Gasteiger partial charge in [-0.1, -0.05) is 12.1 Å². The number of fused-ring (bicyclic) bond motifs is 1. The predicted molar refractivity (Wildman–Crippen MR) is 98.1 cm³/mol. The smallest absolute Gasteiger partial charge is 0.153 e. The van der Waals surface area contributed by atoms with Crippen molar-refractivity contribution in [3.8, 4) is 11.1 Å². The molecule has 4 nitrogen and oxygen atoms in total. The molecule has 0 amide bonds. The molecule has 0 radical (unpaired) electrons. The summed E-state index contributed by atoms with van der Waals surface area (Å²) in [7, 11) is 2.03. The van der Waals surface area contributed by atoms with Gasteiger partial charge in [0.05, 0.1) is 24.6 Å². The highest BCUT2D eigenvalue weighted by Gasteiger charge is 2.25. The highest BCUT2D eigenvalue weighted by Crippen LogP contribution is 2.37. The molecule has 0 spiro atoms. The van der Waals surface area contributed by atoms with E-state index >= 15 is 0 Å². The van der Waals surface area contributed by atoms with Crippen molar-refractivity contribution in [2.45, 2.75) is 13.5 Å². The van der Waals surface area contributed by atoms with Gasteiger partial charge in [-0.25, -0.2) is 9.37 Å². The molecule has 2 aromatic heterocycles. The molecule has 0 saturated carbocycles. The van der Waals surface area contributed by atoms with Crippen LogP contribution in [0.25, 0.3) is 11.1 Å². The normalized spacial score (nSPS) is 13.2. The maximum absolute atomic E-state index is 13.6. The van der Waals surface area contributed by atoms with Crippen molar-refractivity contribution >= 4 is 11.5 Å². The highest BCUT2D eigenvalue weighted by atomic mass is 19.1. The van der Waals surface area contributed by atoms with Gasteiger partial charge in [-0.3, -0.25) is 4.98 Å². The van der Waals surface area contributed by atoms with Crippen LogP contribution in [0.2, 0.25) is 0 Å². The van der Waals surface area contributed by atoms with Crippen LogP contribution in [0.1, 0.15) is 11.3 Å². The number of halogens is 1. The second-order valence-electron chi connectivity index (χ2n) is 6.39. The average Bonchev–Trinajstić information content (AvgIpc) is 2.93. The third-order valence-electron chi connectivity index (χ3n) is 4.50. The van der Waals surface area contributed by atoms with Crippen molar-refractivity contribution in [2.75, 3.05) is 23.5 Å². The first-order valence-electron chi connectivity index (χ1n) is 8.24. The monoisotopic (exact) mass is 334 g/mol. The van der Waals surface area contributed by atoms with Gasteiger partial charge in [0.25, 0.3) is 0 Å². The molecule has 1 aliphatic heterocycles. The zero-order chi connectivity index (χ0) is 17.4. The van der Waals surface area contributed by atoms with Gasteiger partial charge in [0.2, 0.25) is 0 Å². The van der Waals surface area contributed by atoms with E-state index in [1.54, 1.807) is 13.0 Å². The molecular formula is C20H19FN4. The molecule has 0 bridgehead atoms. The second-order valence-corrected chi connectivity index (χ2v) is 6.39. The fraction of sp³-hybridized carbons (Fsp3) is 0.200. The highest BCUT2D eigenvalue weighted by molar-refractivity contribution is 5.78. The first-order valence-corrected chi connectivity index (χ1v) is 8.24. The summed E-state index contributed by atoms with van der Waals surface area (Å²) in [5, 5.41) is 0. The number of pyridine rings is 2. The van der Waals surface area contributed by atoms with E-state index < -0.39 is 0 Å². The van der Waals surface area contributed by atoms with Crippen LogP contribution < -0.4 is 9.80 Å². The zero-order valence-corrected chi connectivity index (χ0v) is 14.3. The Morgan fingerprint density at radius 2 is 1.96 bits per heavy atom. The number of hydrogen-bond donors (Lipinski definition) is 0. The Bertz CT molecular complexity index is 911. The molecular weight excluding hydrogens is 315 g/mol. The largest absolute Gasteiger partial charge is 0.345 e. The first-order chi connectivity index (χ1) is 12.1. The lowest BCUT2D eigenvalue weighted by atomic mass is 10.0. The molecule has 0 fully saturated rings. The minimum Gasteiger partial charge on any atom is -0.345 e. The van der Waals surface area contributed by atoms with E-state index in [0.717, 1.165) is 41.5 Å². The summed E-state index contributed by atoms with van der Waals surface area (Å²) in [5.74, 6) is 0.771. The van der Waals surface area contributed by atoms with E-state index in [9.17, 15) is 4.39 Å². The summed E-state index contributed by atoms with van der Waals surface area (Å²) in [6, 6.07) is 13.2. The van der Waals surface area contributed by atoms with E-state index in [2.05, 4.69) is 25.8 Å². The molecule has 0 saturated heterocycles. The van der Waals surface area contributed by atoms with Crippen LogP contribution in [0.5, 0.6) is 0 Å². The number of aryl methyl sites for hydroxylation is 1. The van der Waals surface area contributed by atoms with Gasteiger partial charge >= 0.3 is 0 Å². The molecule has 126 valence electrons. The number of rotatable bonds is 3. The van der Waals surface area contributed by atoms with E-state index in [0.29, 0.717) is 5.56 Å². The molecule has 0 N–H and O–H groups in total. The maximum atomic E-state index is 13.6.